The van der Waals surface area contributed by atoms with Crippen LogP contribution in [0.25, 0.3) is 11.4 Å². The van der Waals surface area contributed by atoms with Crippen LogP contribution in [0.3, 0.4) is 0 Å². The molecule has 0 radical (unpaired) electrons. The van der Waals surface area contributed by atoms with Crippen molar-refractivity contribution in [3.63, 3.8) is 0 Å². The van der Waals surface area contributed by atoms with Gasteiger partial charge in [-0.25, -0.2) is 8.42 Å². The molecule has 1 heterocycles. The van der Waals surface area contributed by atoms with Gasteiger partial charge in [-0.05, 0) is 25.1 Å². The summed E-state index contributed by atoms with van der Waals surface area (Å²) in [6.07, 6.45) is 0. The van der Waals surface area contributed by atoms with Crippen LogP contribution in [0.2, 0.25) is 5.02 Å². The van der Waals surface area contributed by atoms with Crippen LogP contribution >= 0.6 is 38.2 Å². The molecule has 0 spiro atoms. The lowest BCUT2D eigenvalue weighted by molar-refractivity contribution is 0.583. The second-order valence-corrected chi connectivity index (χ2v) is 7.40. The SMILES string of the molecule is CCn1c(-c2cc(Br)ccc2Cl)nnc1S(=O)(=O)Cl. The molecule has 0 bridgehead atoms. The van der Waals surface area contributed by atoms with Crippen LogP contribution in [0, 0.1) is 0 Å². The van der Waals surface area contributed by atoms with Gasteiger partial charge in [-0.3, -0.25) is 4.57 Å². The summed E-state index contributed by atoms with van der Waals surface area (Å²) in [5.41, 5.74) is 0.581. The van der Waals surface area contributed by atoms with Crippen LogP contribution < -0.4 is 0 Å². The Kier molecular flexibility index (Phi) is 4.20. The Morgan fingerprint density at radius 2 is 2.05 bits per heavy atom. The fraction of sp³-hybridized carbons (Fsp3) is 0.200. The van der Waals surface area contributed by atoms with E-state index < -0.39 is 9.05 Å². The van der Waals surface area contributed by atoms with Gasteiger partial charge in [0.25, 0.3) is 14.2 Å². The highest BCUT2D eigenvalue weighted by molar-refractivity contribution is 9.10. The van der Waals surface area contributed by atoms with E-state index in [4.69, 9.17) is 22.3 Å². The molecule has 0 atom stereocenters. The summed E-state index contributed by atoms with van der Waals surface area (Å²) in [4.78, 5) is 0. The molecule has 0 unspecified atom stereocenters. The lowest BCUT2D eigenvalue weighted by Gasteiger charge is -2.07. The van der Waals surface area contributed by atoms with Crippen molar-refractivity contribution in [3.05, 3.63) is 27.7 Å². The molecule has 5 nitrogen and oxygen atoms in total. The highest BCUT2D eigenvalue weighted by Gasteiger charge is 2.23. The van der Waals surface area contributed by atoms with Crippen molar-refractivity contribution in [2.24, 2.45) is 0 Å². The molecule has 102 valence electrons. The van der Waals surface area contributed by atoms with E-state index in [-0.39, 0.29) is 5.16 Å². The van der Waals surface area contributed by atoms with E-state index in [2.05, 4.69) is 26.1 Å². The molecule has 0 saturated heterocycles. The zero-order chi connectivity index (χ0) is 14.2. The number of benzene rings is 1. The average Bonchev–Trinajstić information content (AvgIpc) is 2.75. The number of halogens is 3. The summed E-state index contributed by atoms with van der Waals surface area (Å²) >= 11 is 9.42. The average molecular weight is 385 g/mol. The molecule has 0 aliphatic rings. The first-order valence-corrected chi connectivity index (χ1v) is 8.66. The Bertz CT molecular complexity index is 730. The standard InChI is InChI=1S/C10H8BrCl2N3O2S/c1-2-16-9(14-15-10(16)19(13,17)18)7-5-6(11)3-4-8(7)12/h3-5H,2H2,1H3. The van der Waals surface area contributed by atoms with E-state index in [0.717, 1.165) is 4.47 Å². The third-order valence-electron chi connectivity index (χ3n) is 2.42. The third kappa shape index (κ3) is 2.94. The van der Waals surface area contributed by atoms with E-state index in [1.54, 1.807) is 25.1 Å². The molecule has 1 aromatic carbocycles. The van der Waals surface area contributed by atoms with Crippen molar-refractivity contribution in [1.82, 2.24) is 14.8 Å². The quantitative estimate of drug-likeness (QED) is 0.761. The van der Waals surface area contributed by atoms with Crippen LogP contribution in [0.5, 0.6) is 0 Å². The molecule has 0 fully saturated rings. The Morgan fingerprint density at radius 1 is 1.37 bits per heavy atom. The van der Waals surface area contributed by atoms with Crippen molar-refractivity contribution in [3.8, 4) is 11.4 Å². The van der Waals surface area contributed by atoms with Crippen molar-refractivity contribution < 1.29 is 8.42 Å². The molecule has 0 saturated carbocycles. The predicted molar refractivity (Wildman–Crippen MR) is 76.9 cm³/mol. The van der Waals surface area contributed by atoms with E-state index in [1.807, 2.05) is 0 Å². The molecule has 1 aromatic heterocycles. The lowest BCUT2D eigenvalue weighted by Crippen LogP contribution is -2.06. The molecule has 0 N–H and O–H groups in total. The van der Waals surface area contributed by atoms with Gasteiger partial charge in [0.2, 0.25) is 0 Å². The number of aromatic nitrogens is 3. The molecule has 2 aromatic rings. The van der Waals surface area contributed by atoms with Crippen molar-refractivity contribution in [1.29, 1.82) is 0 Å². The second-order valence-electron chi connectivity index (χ2n) is 3.61. The Morgan fingerprint density at radius 3 is 2.63 bits per heavy atom. The Balaban J connectivity index is 2.70. The van der Waals surface area contributed by atoms with Crippen LogP contribution in [-0.4, -0.2) is 23.2 Å². The number of hydrogen-bond donors (Lipinski definition) is 0. The molecular weight excluding hydrogens is 377 g/mol. The Labute approximate surface area is 128 Å². The van der Waals surface area contributed by atoms with Gasteiger partial charge < -0.3 is 0 Å². The van der Waals surface area contributed by atoms with Crippen LogP contribution in [-0.2, 0) is 15.6 Å². The summed E-state index contributed by atoms with van der Waals surface area (Å²) < 4.78 is 25.0. The molecule has 9 heteroatoms. The summed E-state index contributed by atoms with van der Waals surface area (Å²) in [6.45, 7) is 2.12. The molecule has 0 aliphatic heterocycles. The molecular formula is C10H8BrCl2N3O2S. The minimum atomic E-state index is -3.95. The zero-order valence-corrected chi connectivity index (χ0v) is 13.6. The maximum Gasteiger partial charge on any atom is 0.296 e. The van der Waals surface area contributed by atoms with Gasteiger partial charge in [-0.1, -0.05) is 27.5 Å². The smallest absolute Gasteiger partial charge is 0.296 e. The van der Waals surface area contributed by atoms with Crippen LogP contribution in [0.15, 0.2) is 27.8 Å². The van der Waals surface area contributed by atoms with Crippen LogP contribution in [0.4, 0.5) is 0 Å². The summed E-state index contributed by atoms with van der Waals surface area (Å²) in [7, 11) is 1.37. The first kappa shape index (κ1) is 14.8. The maximum atomic E-state index is 11.4. The van der Waals surface area contributed by atoms with Gasteiger partial charge >= 0.3 is 0 Å². The van der Waals surface area contributed by atoms with Crippen molar-refractivity contribution in [2.75, 3.05) is 0 Å². The normalized spacial score (nSPS) is 11.8. The first-order chi connectivity index (χ1) is 8.84. The topological polar surface area (TPSA) is 64.8 Å². The van der Waals surface area contributed by atoms with Gasteiger partial charge in [0.05, 0.1) is 5.02 Å². The fourth-order valence-electron chi connectivity index (χ4n) is 1.62. The third-order valence-corrected chi connectivity index (χ3v) is 4.40. The summed E-state index contributed by atoms with van der Waals surface area (Å²) in [5.74, 6) is 0.355. The van der Waals surface area contributed by atoms with Gasteiger partial charge in [-0.15, -0.1) is 10.2 Å². The largest absolute Gasteiger partial charge is 0.297 e. The molecule has 0 aliphatic carbocycles. The molecule has 19 heavy (non-hydrogen) atoms. The van der Waals surface area contributed by atoms with E-state index in [1.165, 1.54) is 4.57 Å². The highest BCUT2D eigenvalue weighted by Crippen LogP contribution is 2.31. The second kappa shape index (κ2) is 5.40. The predicted octanol–water partition coefficient (Wildman–Crippen LogP) is 3.31. The van der Waals surface area contributed by atoms with Gasteiger partial charge in [0.1, 0.15) is 0 Å². The van der Waals surface area contributed by atoms with Gasteiger partial charge in [0.15, 0.2) is 5.82 Å². The minimum absolute atomic E-state index is 0.289. The Hall–Kier alpha value is -0.630. The van der Waals surface area contributed by atoms with E-state index in [0.29, 0.717) is 23.0 Å². The summed E-state index contributed by atoms with van der Waals surface area (Å²) in [6, 6.07) is 5.20. The van der Waals surface area contributed by atoms with Crippen LogP contribution in [0.1, 0.15) is 6.92 Å². The van der Waals surface area contributed by atoms with Gasteiger partial charge in [-0.2, -0.15) is 0 Å². The van der Waals surface area contributed by atoms with E-state index >= 15 is 0 Å². The highest BCUT2D eigenvalue weighted by atomic mass is 79.9. The number of hydrogen-bond acceptors (Lipinski definition) is 4. The monoisotopic (exact) mass is 383 g/mol. The fourth-order valence-corrected chi connectivity index (χ4v) is 3.15. The number of nitrogens with zero attached hydrogens (tertiary/aromatic N) is 3. The molecule has 2 rings (SSSR count). The van der Waals surface area contributed by atoms with Crippen molar-refractivity contribution in [2.45, 2.75) is 18.6 Å². The summed E-state index contributed by atoms with van der Waals surface area (Å²) in [5, 5.41) is 7.65. The first-order valence-electron chi connectivity index (χ1n) is 5.18. The number of rotatable bonds is 3. The van der Waals surface area contributed by atoms with Crippen molar-refractivity contribution >= 4 is 47.3 Å². The van der Waals surface area contributed by atoms with Gasteiger partial charge in [0, 0.05) is 27.3 Å². The van der Waals surface area contributed by atoms with E-state index in [9.17, 15) is 8.42 Å². The zero-order valence-electron chi connectivity index (χ0n) is 9.64. The molecule has 0 amide bonds. The maximum absolute atomic E-state index is 11.4. The lowest BCUT2D eigenvalue weighted by atomic mass is 10.2. The minimum Gasteiger partial charge on any atom is -0.297 e.